The minimum absolute atomic E-state index is 0.130. The predicted molar refractivity (Wildman–Crippen MR) is 39.8 cm³/mol. The molecule has 0 saturated carbocycles. The SMILES string of the molecule is CCC(=O)C(C)(C)NNN. The van der Waals surface area contributed by atoms with Crippen molar-refractivity contribution in [3.8, 4) is 0 Å². The Hall–Kier alpha value is -0.450. The quantitative estimate of drug-likeness (QED) is 0.376. The highest BCUT2D eigenvalue weighted by atomic mass is 16.1. The molecule has 4 heteroatoms. The van der Waals surface area contributed by atoms with Crippen molar-refractivity contribution >= 4 is 5.78 Å². The molecule has 0 aromatic rings. The Morgan fingerprint density at radius 3 is 2.40 bits per heavy atom. The number of hydrogen-bond acceptors (Lipinski definition) is 4. The summed E-state index contributed by atoms with van der Waals surface area (Å²) in [6.07, 6.45) is 0.516. The van der Waals surface area contributed by atoms with Gasteiger partial charge in [-0.2, -0.15) is 5.53 Å². The molecule has 0 amide bonds. The van der Waals surface area contributed by atoms with Gasteiger partial charge in [0.25, 0.3) is 0 Å². The lowest BCUT2D eigenvalue weighted by Gasteiger charge is -2.22. The first-order chi connectivity index (χ1) is 4.54. The maximum Gasteiger partial charge on any atom is 0.153 e. The van der Waals surface area contributed by atoms with E-state index in [1.807, 2.05) is 6.92 Å². The summed E-state index contributed by atoms with van der Waals surface area (Å²) in [6, 6.07) is 0. The number of hydrazine groups is 2. The Balaban J connectivity index is 3.96. The second-order valence-electron chi connectivity index (χ2n) is 2.67. The Kier molecular flexibility index (Phi) is 3.49. The molecule has 0 fully saturated rings. The largest absolute Gasteiger partial charge is 0.298 e. The van der Waals surface area contributed by atoms with Gasteiger partial charge in [-0.25, -0.2) is 5.43 Å². The monoisotopic (exact) mass is 145 g/mol. The van der Waals surface area contributed by atoms with Gasteiger partial charge in [-0.05, 0) is 13.8 Å². The molecule has 0 atom stereocenters. The lowest BCUT2D eigenvalue weighted by atomic mass is 9.99. The third-order valence-electron chi connectivity index (χ3n) is 1.40. The van der Waals surface area contributed by atoms with Crippen LogP contribution in [-0.2, 0) is 4.79 Å². The van der Waals surface area contributed by atoms with Gasteiger partial charge >= 0.3 is 0 Å². The summed E-state index contributed by atoms with van der Waals surface area (Å²) in [5.41, 5.74) is 4.34. The number of hydrogen-bond donors (Lipinski definition) is 3. The summed E-state index contributed by atoms with van der Waals surface area (Å²) in [6.45, 7) is 5.37. The van der Waals surface area contributed by atoms with E-state index in [1.54, 1.807) is 13.8 Å². The number of ketones is 1. The molecule has 60 valence electrons. The van der Waals surface area contributed by atoms with E-state index < -0.39 is 5.54 Å². The molecule has 0 radical (unpaired) electrons. The van der Waals surface area contributed by atoms with E-state index in [1.165, 1.54) is 0 Å². The van der Waals surface area contributed by atoms with Crippen LogP contribution in [0, 0.1) is 0 Å². The molecule has 0 heterocycles. The minimum atomic E-state index is -0.566. The molecule has 0 saturated heterocycles. The van der Waals surface area contributed by atoms with Gasteiger partial charge in [0.2, 0.25) is 0 Å². The van der Waals surface area contributed by atoms with Gasteiger partial charge in [-0.15, -0.1) is 0 Å². The number of nitrogens with one attached hydrogen (secondary N) is 2. The highest BCUT2D eigenvalue weighted by Crippen LogP contribution is 2.03. The number of nitrogens with two attached hydrogens (primary N) is 1. The molecule has 10 heavy (non-hydrogen) atoms. The lowest BCUT2D eigenvalue weighted by Crippen LogP contribution is -2.55. The standard InChI is InChI=1S/C6H15N3O/c1-4-5(10)6(2,3)8-9-7/h8-9H,4,7H2,1-3H3. The third-order valence-corrected chi connectivity index (χ3v) is 1.40. The van der Waals surface area contributed by atoms with Crippen LogP contribution < -0.4 is 16.8 Å². The van der Waals surface area contributed by atoms with Crippen LogP contribution in [0.25, 0.3) is 0 Å². The van der Waals surface area contributed by atoms with Crippen molar-refractivity contribution in [3.05, 3.63) is 0 Å². The summed E-state index contributed by atoms with van der Waals surface area (Å²) < 4.78 is 0. The van der Waals surface area contributed by atoms with E-state index in [0.29, 0.717) is 6.42 Å². The van der Waals surface area contributed by atoms with Crippen LogP contribution in [-0.4, -0.2) is 11.3 Å². The van der Waals surface area contributed by atoms with Gasteiger partial charge in [0, 0.05) is 6.42 Å². The third kappa shape index (κ3) is 2.43. The van der Waals surface area contributed by atoms with Crippen LogP contribution in [0.4, 0.5) is 0 Å². The van der Waals surface area contributed by atoms with Crippen molar-refractivity contribution in [2.24, 2.45) is 5.84 Å². The van der Waals surface area contributed by atoms with Crippen molar-refractivity contribution < 1.29 is 4.79 Å². The zero-order valence-corrected chi connectivity index (χ0v) is 6.69. The molecule has 0 rings (SSSR count). The topological polar surface area (TPSA) is 67.2 Å². The highest BCUT2D eigenvalue weighted by Gasteiger charge is 2.24. The lowest BCUT2D eigenvalue weighted by molar-refractivity contribution is -0.124. The molecule has 0 aliphatic rings. The number of carbonyl (C=O) groups is 1. The molecule has 0 aliphatic heterocycles. The first-order valence-electron chi connectivity index (χ1n) is 3.30. The van der Waals surface area contributed by atoms with Gasteiger partial charge in [0.1, 0.15) is 0 Å². The maximum atomic E-state index is 11.1. The molecule has 4 N–H and O–H groups in total. The van der Waals surface area contributed by atoms with E-state index in [4.69, 9.17) is 5.84 Å². The molecular weight excluding hydrogens is 130 g/mol. The first kappa shape index (κ1) is 9.55. The van der Waals surface area contributed by atoms with Crippen LogP contribution >= 0.6 is 0 Å². The summed E-state index contributed by atoms with van der Waals surface area (Å²) >= 11 is 0. The van der Waals surface area contributed by atoms with Crippen molar-refractivity contribution in [1.29, 1.82) is 0 Å². The fraction of sp³-hybridized carbons (Fsp3) is 0.833. The first-order valence-corrected chi connectivity index (χ1v) is 3.30. The van der Waals surface area contributed by atoms with Gasteiger partial charge < -0.3 is 0 Å². The Labute approximate surface area is 61.1 Å². The van der Waals surface area contributed by atoms with Crippen LogP contribution in [0.3, 0.4) is 0 Å². The molecule has 4 nitrogen and oxygen atoms in total. The average molecular weight is 145 g/mol. The summed E-state index contributed by atoms with van der Waals surface area (Å²) in [5.74, 6) is 5.12. The van der Waals surface area contributed by atoms with Crippen LogP contribution in [0.1, 0.15) is 27.2 Å². The van der Waals surface area contributed by atoms with E-state index in [9.17, 15) is 4.79 Å². The number of Topliss-reactive ketones (excluding diaryl/α,β-unsaturated/α-hetero) is 1. The van der Waals surface area contributed by atoms with Crippen molar-refractivity contribution in [3.63, 3.8) is 0 Å². The molecular formula is C6H15N3O. The van der Waals surface area contributed by atoms with E-state index >= 15 is 0 Å². The average Bonchev–Trinajstić information content (AvgIpc) is 1.86. The minimum Gasteiger partial charge on any atom is -0.298 e. The predicted octanol–water partition coefficient (Wildman–Crippen LogP) is -0.288. The molecule has 0 aliphatic carbocycles. The van der Waals surface area contributed by atoms with Crippen molar-refractivity contribution in [2.75, 3.05) is 0 Å². The van der Waals surface area contributed by atoms with Gasteiger partial charge in [0.15, 0.2) is 5.78 Å². The molecule has 0 aromatic carbocycles. The molecule has 0 unspecified atom stereocenters. The molecule has 0 bridgehead atoms. The van der Waals surface area contributed by atoms with Gasteiger partial charge in [-0.3, -0.25) is 10.6 Å². The maximum absolute atomic E-state index is 11.1. The molecule has 0 aromatic heterocycles. The Morgan fingerprint density at radius 1 is 1.60 bits per heavy atom. The van der Waals surface area contributed by atoms with Crippen LogP contribution in [0.2, 0.25) is 0 Å². The van der Waals surface area contributed by atoms with Crippen LogP contribution in [0.5, 0.6) is 0 Å². The zero-order valence-electron chi connectivity index (χ0n) is 6.69. The van der Waals surface area contributed by atoms with Crippen LogP contribution in [0.15, 0.2) is 0 Å². The summed E-state index contributed by atoms with van der Waals surface area (Å²) in [5, 5.41) is 0. The van der Waals surface area contributed by atoms with E-state index in [0.717, 1.165) is 0 Å². The van der Waals surface area contributed by atoms with E-state index in [2.05, 4.69) is 11.0 Å². The second-order valence-corrected chi connectivity index (χ2v) is 2.67. The smallest absolute Gasteiger partial charge is 0.153 e. The number of rotatable bonds is 4. The summed E-state index contributed by atoms with van der Waals surface area (Å²) in [7, 11) is 0. The second kappa shape index (κ2) is 3.65. The van der Waals surface area contributed by atoms with E-state index in [-0.39, 0.29) is 5.78 Å². The van der Waals surface area contributed by atoms with Crippen molar-refractivity contribution in [2.45, 2.75) is 32.7 Å². The van der Waals surface area contributed by atoms with Gasteiger partial charge in [-0.1, -0.05) is 6.92 Å². The number of carbonyl (C=O) groups excluding carboxylic acids is 1. The Bertz CT molecular complexity index is 122. The van der Waals surface area contributed by atoms with Crippen molar-refractivity contribution in [1.82, 2.24) is 11.0 Å². The fourth-order valence-corrected chi connectivity index (χ4v) is 0.692. The molecule has 0 spiro atoms. The fourth-order valence-electron chi connectivity index (χ4n) is 0.692. The Morgan fingerprint density at radius 2 is 2.10 bits per heavy atom. The zero-order chi connectivity index (χ0) is 8.20. The highest BCUT2D eigenvalue weighted by molar-refractivity contribution is 5.87. The summed E-state index contributed by atoms with van der Waals surface area (Å²) in [4.78, 5) is 11.1. The normalized spacial score (nSPS) is 11.6. The van der Waals surface area contributed by atoms with Gasteiger partial charge in [0.05, 0.1) is 5.54 Å².